The van der Waals surface area contributed by atoms with Crippen molar-refractivity contribution in [3.63, 3.8) is 0 Å². The average Bonchev–Trinajstić information content (AvgIpc) is 2.72. The molecule has 1 aliphatic carbocycles. The van der Waals surface area contributed by atoms with E-state index in [0.29, 0.717) is 24.8 Å². The fraction of sp³-hybridized carbons (Fsp3) is 0.476. The maximum Gasteiger partial charge on any atom is 0.267 e. The van der Waals surface area contributed by atoms with E-state index in [2.05, 4.69) is 16.5 Å². The summed E-state index contributed by atoms with van der Waals surface area (Å²) in [7, 11) is 0. The first kappa shape index (κ1) is 17.9. The number of ether oxygens (including phenoxy) is 1. The molecule has 1 fully saturated rings. The maximum atomic E-state index is 12.4. The number of nitriles is 1. The van der Waals surface area contributed by atoms with Crippen LogP contribution in [0.1, 0.15) is 54.1 Å². The zero-order chi connectivity index (χ0) is 18.6. The van der Waals surface area contributed by atoms with Gasteiger partial charge in [-0.1, -0.05) is 12.1 Å². The predicted octanol–water partition coefficient (Wildman–Crippen LogP) is 2.46. The van der Waals surface area contributed by atoms with Gasteiger partial charge in [0.1, 0.15) is 0 Å². The van der Waals surface area contributed by atoms with Crippen LogP contribution in [0.25, 0.3) is 0 Å². The van der Waals surface area contributed by atoms with Gasteiger partial charge in [-0.2, -0.15) is 10.4 Å². The molecule has 0 amide bonds. The summed E-state index contributed by atoms with van der Waals surface area (Å²) in [6.07, 6.45) is 4.75. The molecule has 1 aromatic heterocycles. The molecule has 2 heterocycles. The van der Waals surface area contributed by atoms with Crippen molar-refractivity contribution in [1.82, 2.24) is 15.1 Å². The molecular formula is C21H24N4O2. The van der Waals surface area contributed by atoms with E-state index in [1.165, 1.54) is 0 Å². The zero-order valence-electron chi connectivity index (χ0n) is 15.4. The Labute approximate surface area is 158 Å². The van der Waals surface area contributed by atoms with Gasteiger partial charge in [-0.15, -0.1) is 0 Å². The summed E-state index contributed by atoms with van der Waals surface area (Å²) in [5, 5.41) is 17.2. The SMILES string of the molecule is N#Cc1cccc(CNC2CCC(n3nc4c(cc3=O)COCC4)CC2)c1. The van der Waals surface area contributed by atoms with Crippen LogP contribution in [-0.4, -0.2) is 22.4 Å². The van der Waals surface area contributed by atoms with Crippen LogP contribution in [0.15, 0.2) is 35.1 Å². The molecule has 0 spiro atoms. The summed E-state index contributed by atoms with van der Waals surface area (Å²) in [5.41, 5.74) is 3.77. The normalized spacial score (nSPS) is 22.0. The first-order valence-corrected chi connectivity index (χ1v) is 9.65. The topological polar surface area (TPSA) is 79.9 Å². The number of aromatic nitrogens is 2. The van der Waals surface area contributed by atoms with Gasteiger partial charge in [0.25, 0.3) is 5.56 Å². The highest BCUT2D eigenvalue weighted by atomic mass is 16.5. The van der Waals surface area contributed by atoms with Crippen LogP contribution >= 0.6 is 0 Å². The Hall–Kier alpha value is -2.49. The van der Waals surface area contributed by atoms with Gasteiger partial charge >= 0.3 is 0 Å². The number of nitrogens with one attached hydrogen (secondary N) is 1. The summed E-state index contributed by atoms with van der Waals surface area (Å²) >= 11 is 0. The van der Waals surface area contributed by atoms with E-state index < -0.39 is 0 Å². The van der Waals surface area contributed by atoms with E-state index in [4.69, 9.17) is 10.00 Å². The second-order valence-electron chi connectivity index (χ2n) is 7.40. The molecule has 0 saturated heterocycles. The van der Waals surface area contributed by atoms with Crippen LogP contribution in [0.4, 0.5) is 0 Å². The van der Waals surface area contributed by atoms with E-state index in [-0.39, 0.29) is 11.6 Å². The average molecular weight is 364 g/mol. The smallest absolute Gasteiger partial charge is 0.267 e. The Balaban J connectivity index is 1.35. The number of nitrogens with zero attached hydrogens (tertiary/aromatic N) is 3. The molecule has 1 N–H and O–H groups in total. The summed E-state index contributed by atoms with van der Waals surface area (Å²) in [6, 6.07) is 12.2. The molecule has 4 rings (SSSR count). The Morgan fingerprint density at radius 1 is 1.26 bits per heavy atom. The lowest BCUT2D eigenvalue weighted by molar-refractivity contribution is 0.107. The van der Waals surface area contributed by atoms with E-state index >= 15 is 0 Å². The van der Waals surface area contributed by atoms with Crippen molar-refractivity contribution in [1.29, 1.82) is 5.26 Å². The van der Waals surface area contributed by atoms with Crippen LogP contribution in [0.3, 0.4) is 0 Å². The molecule has 0 atom stereocenters. The van der Waals surface area contributed by atoms with Crippen molar-refractivity contribution in [3.8, 4) is 6.07 Å². The molecule has 1 aliphatic heterocycles. The Bertz CT molecular complexity index is 907. The van der Waals surface area contributed by atoms with Gasteiger partial charge in [-0.05, 0) is 43.4 Å². The number of benzene rings is 1. The third-order valence-corrected chi connectivity index (χ3v) is 5.56. The lowest BCUT2D eigenvalue weighted by Gasteiger charge is -2.30. The molecule has 27 heavy (non-hydrogen) atoms. The summed E-state index contributed by atoms with van der Waals surface area (Å²) in [4.78, 5) is 12.4. The molecule has 6 heteroatoms. The molecule has 1 aromatic carbocycles. The molecule has 2 aromatic rings. The largest absolute Gasteiger partial charge is 0.376 e. The monoisotopic (exact) mass is 364 g/mol. The quantitative estimate of drug-likeness (QED) is 0.901. The van der Waals surface area contributed by atoms with E-state index in [0.717, 1.165) is 55.5 Å². The second kappa shape index (κ2) is 8.03. The first-order chi connectivity index (χ1) is 13.2. The highest BCUT2D eigenvalue weighted by Crippen LogP contribution is 2.27. The maximum absolute atomic E-state index is 12.4. The van der Waals surface area contributed by atoms with E-state index in [1.807, 2.05) is 24.3 Å². The van der Waals surface area contributed by atoms with Gasteiger partial charge in [0.15, 0.2) is 0 Å². The van der Waals surface area contributed by atoms with Crippen molar-refractivity contribution in [2.45, 2.75) is 57.3 Å². The fourth-order valence-electron chi connectivity index (χ4n) is 4.03. The third-order valence-electron chi connectivity index (χ3n) is 5.56. The van der Waals surface area contributed by atoms with Crippen LogP contribution < -0.4 is 10.9 Å². The number of fused-ring (bicyclic) bond motifs is 1. The van der Waals surface area contributed by atoms with Gasteiger partial charge in [0, 0.05) is 30.6 Å². The van der Waals surface area contributed by atoms with Crippen molar-refractivity contribution >= 4 is 0 Å². The Morgan fingerprint density at radius 2 is 2.11 bits per heavy atom. The molecule has 6 nitrogen and oxygen atoms in total. The van der Waals surface area contributed by atoms with E-state index in [1.54, 1.807) is 10.7 Å². The highest BCUT2D eigenvalue weighted by molar-refractivity contribution is 5.32. The summed E-state index contributed by atoms with van der Waals surface area (Å²) in [5.74, 6) is 0. The minimum absolute atomic E-state index is 0.0102. The third kappa shape index (κ3) is 4.10. The van der Waals surface area contributed by atoms with Gasteiger partial charge in [-0.3, -0.25) is 4.79 Å². The van der Waals surface area contributed by atoms with Crippen molar-refractivity contribution < 1.29 is 4.74 Å². The van der Waals surface area contributed by atoms with Gasteiger partial charge in [0.05, 0.1) is 36.6 Å². The lowest BCUT2D eigenvalue weighted by atomic mass is 9.91. The van der Waals surface area contributed by atoms with Gasteiger partial charge in [-0.25, -0.2) is 4.68 Å². The molecule has 140 valence electrons. The van der Waals surface area contributed by atoms with Crippen LogP contribution in [0, 0.1) is 11.3 Å². The van der Waals surface area contributed by atoms with Gasteiger partial charge in [0.2, 0.25) is 0 Å². The standard InChI is InChI=1S/C21H24N4O2/c22-12-15-2-1-3-16(10-15)13-23-18-4-6-19(7-5-18)25-21(26)11-17-14-27-9-8-20(17)24-25/h1-3,10-11,18-19,23H,4-9,13-14H2. The number of hydrogen-bond donors (Lipinski definition) is 1. The van der Waals surface area contributed by atoms with Crippen molar-refractivity contribution in [2.24, 2.45) is 0 Å². The van der Waals surface area contributed by atoms with E-state index in [9.17, 15) is 4.79 Å². The molecule has 0 unspecified atom stereocenters. The van der Waals surface area contributed by atoms with Crippen LogP contribution in [0.2, 0.25) is 0 Å². The predicted molar refractivity (Wildman–Crippen MR) is 101 cm³/mol. The molecular weight excluding hydrogens is 340 g/mol. The zero-order valence-corrected chi connectivity index (χ0v) is 15.4. The highest BCUT2D eigenvalue weighted by Gasteiger charge is 2.25. The van der Waals surface area contributed by atoms with Gasteiger partial charge < -0.3 is 10.1 Å². The molecule has 1 saturated carbocycles. The second-order valence-corrected chi connectivity index (χ2v) is 7.40. The summed E-state index contributed by atoms with van der Waals surface area (Å²) < 4.78 is 7.12. The van der Waals surface area contributed by atoms with Crippen LogP contribution in [0.5, 0.6) is 0 Å². The minimum Gasteiger partial charge on any atom is -0.376 e. The molecule has 0 bridgehead atoms. The molecule has 2 aliphatic rings. The Kier molecular flexibility index (Phi) is 5.33. The summed E-state index contributed by atoms with van der Waals surface area (Å²) in [6.45, 7) is 1.95. The fourth-order valence-corrected chi connectivity index (χ4v) is 4.03. The minimum atomic E-state index is -0.0102. The van der Waals surface area contributed by atoms with Crippen molar-refractivity contribution in [3.05, 3.63) is 63.1 Å². The lowest BCUT2D eigenvalue weighted by Crippen LogP contribution is -2.37. The van der Waals surface area contributed by atoms with Crippen molar-refractivity contribution in [2.75, 3.05) is 6.61 Å². The number of hydrogen-bond acceptors (Lipinski definition) is 5. The Morgan fingerprint density at radius 3 is 2.93 bits per heavy atom. The molecule has 0 radical (unpaired) electrons. The first-order valence-electron chi connectivity index (χ1n) is 9.65. The number of rotatable bonds is 4. The van der Waals surface area contributed by atoms with Crippen LogP contribution in [-0.2, 0) is 24.3 Å².